The number of halogens is 1. The maximum absolute atomic E-state index is 11.8. The van der Waals surface area contributed by atoms with Crippen molar-refractivity contribution in [1.82, 2.24) is 5.32 Å². The Morgan fingerprint density at radius 1 is 1.73 bits per heavy atom. The molecular weight excluding hydrogens is 165 g/mol. The molecule has 0 spiro atoms. The summed E-state index contributed by atoms with van der Waals surface area (Å²) in [6.07, 6.45) is 0.324. The lowest BCUT2D eigenvalue weighted by molar-refractivity contribution is 0.135. The number of alkyl halides is 1. The number of hydrogen-bond acceptors (Lipinski definition) is 3. The molecule has 66 valence electrons. The molecule has 2 unspecified atom stereocenters. The maximum Gasteiger partial charge on any atom is 0.117 e. The number of nitrogens with one attached hydrogen (secondary N) is 1. The monoisotopic (exact) mass is 179 g/mol. The highest BCUT2D eigenvalue weighted by Crippen LogP contribution is 2.16. The van der Waals surface area contributed by atoms with Gasteiger partial charge in [-0.1, -0.05) is 0 Å². The molecular formula is C7H14FNOS. The predicted octanol–water partition coefficient (Wildman–Crippen LogP) is 0.412. The summed E-state index contributed by atoms with van der Waals surface area (Å²) in [4.78, 5) is 0. The second-order valence-corrected chi connectivity index (χ2v) is 3.93. The van der Waals surface area contributed by atoms with Gasteiger partial charge in [-0.15, -0.1) is 0 Å². The standard InChI is InChI=1S/C7H14FNOS/c8-3-7(10)4-9-6-1-2-11-5-6/h6-7,9-10H,1-5H2. The molecule has 2 atom stereocenters. The molecule has 11 heavy (non-hydrogen) atoms. The van der Waals surface area contributed by atoms with Gasteiger partial charge in [0.2, 0.25) is 0 Å². The molecule has 0 saturated carbocycles. The second kappa shape index (κ2) is 4.95. The minimum absolute atomic E-state index is 0.391. The highest BCUT2D eigenvalue weighted by atomic mass is 32.2. The lowest BCUT2D eigenvalue weighted by Gasteiger charge is -2.12. The highest BCUT2D eigenvalue weighted by molar-refractivity contribution is 7.99. The molecule has 0 aromatic carbocycles. The van der Waals surface area contributed by atoms with Crippen LogP contribution in [-0.4, -0.2) is 42.0 Å². The highest BCUT2D eigenvalue weighted by Gasteiger charge is 2.15. The summed E-state index contributed by atoms with van der Waals surface area (Å²) < 4.78 is 11.8. The number of hydrogen-bond donors (Lipinski definition) is 2. The molecule has 0 aromatic heterocycles. The summed E-state index contributed by atoms with van der Waals surface area (Å²) in [5, 5.41) is 12.0. The first-order valence-corrected chi connectivity index (χ1v) is 5.03. The van der Waals surface area contributed by atoms with E-state index in [2.05, 4.69) is 5.32 Å². The minimum atomic E-state index is -0.819. The quantitative estimate of drug-likeness (QED) is 0.655. The molecule has 0 bridgehead atoms. The number of rotatable bonds is 4. The molecule has 0 amide bonds. The number of aliphatic hydroxyl groups is 1. The van der Waals surface area contributed by atoms with Crippen molar-refractivity contribution in [2.75, 3.05) is 24.7 Å². The third-order valence-electron chi connectivity index (χ3n) is 1.75. The Labute approximate surface area is 70.6 Å². The van der Waals surface area contributed by atoms with Crippen LogP contribution < -0.4 is 5.32 Å². The van der Waals surface area contributed by atoms with Gasteiger partial charge in [-0.2, -0.15) is 11.8 Å². The molecule has 1 fully saturated rings. The third-order valence-corrected chi connectivity index (χ3v) is 2.91. The van der Waals surface area contributed by atoms with Crippen molar-refractivity contribution in [3.63, 3.8) is 0 Å². The summed E-state index contributed by atoms with van der Waals surface area (Å²) in [7, 11) is 0. The van der Waals surface area contributed by atoms with Crippen LogP contribution in [-0.2, 0) is 0 Å². The average molecular weight is 179 g/mol. The van der Waals surface area contributed by atoms with Crippen LogP contribution >= 0.6 is 11.8 Å². The van der Waals surface area contributed by atoms with Crippen molar-refractivity contribution in [3.8, 4) is 0 Å². The second-order valence-electron chi connectivity index (χ2n) is 2.78. The van der Waals surface area contributed by atoms with Crippen LogP contribution in [0.2, 0.25) is 0 Å². The Morgan fingerprint density at radius 3 is 3.09 bits per heavy atom. The first-order chi connectivity index (χ1) is 5.33. The zero-order chi connectivity index (χ0) is 8.10. The van der Waals surface area contributed by atoms with E-state index < -0.39 is 12.8 Å². The van der Waals surface area contributed by atoms with Gasteiger partial charge in [-0.05, 0) is 12.2 Å². The minimum Gasteiger partial charge on any atom is -0.389 e. The molecule has 2 nitrogen and oxygen atoms in total. The summed E-state index contributed by atoms with van der Waals surface area (Å²) in [6.45, 7) is -0.255. The summed E-state index contributed by atoms with van der Waals surface area (Å²) >= 11 is 1.90. The van der Waals surface area contributed by atoms with Crippen LogP contribution in [0.25, 0.3) is 0 Å². The third kappa shape index (κ3) is 3.40. The van der Waals surface area contributed by atoms with Gasteiger partial charge in [0.1, 0.15) is 6.67 Å². The van der Waals surface area contributed by atoms with Gasteiger partial charge in [0.05, 0.1) is 6.10 Å². The zero-order valence-electron chi connectivity index (χ0n) is 6.42. The average Bonchev–Trinajstić information content (AvgIpc) is 2.52. The van der Waals surface area contributed by atoms with Crippen molar-refractivity contribution in [2.24, 2.45) is 0 Å². The Morgan fingerprint density at radius 2 is 2.55 bits per heavy atom. The maximum atomic E-state index is 11.8. The normalized spacial score (nSPS) is 27.3. The summed E-state index contributed by atoms with van der Waals surface area (Å²) in [6, 6.07) is 0.487. The van der Waals surface area contributed by atoms with Crippen LogP contribution in [0.15, 0.2) is 0 Å². The lowest BCUT2D eigenvalue weighted by Crippen LogP contribution is -2.36. The van der Waals surface area contributed by atoms with Crippen molar-refractivity contribution >= 4 is 11.8 Å². The SMILES string of the molecule is OC(CF)CNC1CCSC1. The van der Waals surface area contributed by atoms with Crippen LogP contribution in [0.5, 0.6) is 0 Å². The first kappa shape index (κ1) is 9.29. The summed E-state index contributed by atoms with van der Waals surface area (Å²) in [5.74, 6) is 2.28. The molecule has 1 rings (SSSR count). The fourth-order valence-electron chi connectivity index (χ4n) is 1.05. The van der Waals surface area contributed by atoms with Gasteiger partial charge >= 0.3 is 0 Å². The molecule has 2 N–H and O–H groups in total. The zero-order valence-corrected chi connectivity index (χ0v) is 7.24. The van der Waals surface area contributed by atoms with E-state index in [1.54, 1.807) is 0 Å². The largest absolute Gasteiger partial charge is 0.389 e. The topological polar surface area (TPSA) is 32.3 Å². The smallest absolute Gasteiger partial charge is 0.117 e. The number of aliphatic hydroxyl groups excluding tert-OH is 1. The van der Waals surface area contributed by atoms with E-state index in [-0.39, 0.29) is 0 Å². The van der Waals surface area contributed by atoms with Gasteiger partial charge in [0.15, 0.2) is 0 Å². The van der Waals surface area contributed by atoms with Crippen molar-refractivity contribution in [2.45, 2.75) is 18.6 Å². The fraction of sp³-hybridized carbons (Fsp3) is 1.00. The van der Waals surface area contributed by atoms with Crippen molar-refractivity contribution in [1.29, 1.82) is 0 Å². The molecule has 1 aliphatic heterocycles. The fourth-order valence-corrected chi connectivity index (χ4v) is 2.24. The van der Waals surface area contributed by atoms with Crippen molar-refractivity contribution in [3.05, 3.63) is 0 Å². The van der Waals surface area contributed by atoms with E-state index in [4.69, 9.17) is 5.11 Å². The Kier molecular flexibility index (Phi) is 4.18. The summed E-state index contributed by atoms with van der Waals surface area (Å²) in [5.41, 5.74) is 0. The van der Waals surface area contributed by atoms with Crippen LogP contribution in [0.4, 0.5) is 4.39 Å². The Hall–Kier alpha value is 0.200. The van der Waals surface area contributed by atoms with Crippen molar-refractivity contribution < 1.29 is 9.50 Å². The van der Waals surface area contributed by atoms with Crippen LogP contribution in [0, 0.1) is 0 Å². The predicted molar refractivity (Wildman–Crippen MR) is 45.7 cm³/mol. The Bertz CT molecular complexity index is 109. The van der Waals surface area contributed by atoms with Gasteiger partial charge < -0.3 is 10.4 Å². The lowest BCUT2D eigenvalue weighted by atomic mass is 10.2. The Balaban J connectivity index is 2.01. The van der Waals surface area contributed by atoms with Gasteiger partial charge in [-0.3, -0.25) is 0 Å². The van der Waals surface area contributed by atoms with E-state index >= 15 is 0 Å². The van der Waals surface area contributed by atoms with E-state index in [0.29, 0.717) is 12.6 Å². The molecule has 4 heteroatoms. The van der Waals surface area contributed by atoms with Crippen LogP contribution in [0.1, 0.15) is 6.42 Å². The van der Waals surface area contributed by atoms with E-state index in [1.807, 2.05) is 11.8 Å². The van der Waals surface area contributed by atoms with Crippen LogP contribution in [0.3, 0.4) is 0 Å². The molecule has 0 aliphatic carbocycles. The van der Waals surface area contributed by atoms with Gasteiger partial charge in [0, 0.05) is 18.3 Å². The molecule has 1 saturated heterocycles. The molecule has 1 aliphatic rings. The van der Waals surface area contributed by atoms with Gasteiger partial charge in [-0.25, -0.2) is 4.39 Å². The van der Waals surface area contributed by atoms with E-state index in [0.717, 1.165) is 12.2 Å². The van der Waals surface area contributed by atoms with E-state index in [9.17, 15) is 4.39 Å². The molecule has 0 aromatic rings. The number of thioether (sulfide) groups is 1. The first-order valence-electron chi connectivity index (χ1n) is 3.88. The molecule has 1 heterocycles. The van der Waals surface area contributed by atoms with Gasteiger partial charge in [0.25, 0.3) is 0 Å². The molecule has 0 radical (unpaired) electrons. The van der Waals surface area contributed by atoms with E-state index in [1.165, 1.54) is 5.75 Å².